The van der Waals surface area contributed by atoms with Crippen LogP contribution in [0.25, 0.3) is 0 Å². The van der Waals surface area contributed by atoms with Crippen LogP contribution < -0.4 is 5.32 Å². The molecule has 0 saturated carbocycles. The molecule has 2 rings (SSSR count). The van der Waals surface area contributed by atoms with Crippen molar-refractivity contribution < 1.29 is 4.74 Å². The summed E-state index contributed by atoms with van der Waals surface area (Å²) in [4.78, 5) is 2.45. The number of nitrogens with one attached hydrogen (secondary N) is 1. The van der Waals surface area contributed by atoms with Crippen LogP contribution in [0.15, 0.2) is 24.3 Å². The molecule has 0 spiro atoms. The maximum absolute atomic E-state index is 5.37. The van der Waals surface area contributed by atoms with Gasteiger partial charge in [0.15, 0.2) is 0 Å². The number of hydrogen-bond donors (Lipinski definition) is 1. The van der Waals surface area contributed by atoms with Gasteiger partial charge in [0.25, 0.3) is 0 Å². The molecule has 3 heteroatoms. The highest BCUT2D eigenvalue weighted by atomic mass is 16.5. The number of benzene rings is 1. The average Bonchev–Trinajstić information content (AvgIpc) is 2.38. The lowest BCUT2D eigenvalue weighted by Crippen LogP contribution is -2.35. The van der Waals surface area contributed by atoms with Gasteiger partial charge in [-0.15, -0.1) is 0 Å². The van der Waals surface area contributed by atoms with Gasteiger partial charge in [0.2, 0.25) is 0 Å². The van der Waals surface area contributed by atoms with Gasteiger partial charge in [-0.25, -0.2) is 0 Å². The van der Waals surface area contributed by atoms with Gasteiger partial charge in [0, 0.05) is 31.7 Å². The summed E-state index contributed by atoms with van der Waals surface area (Å²) < 4.78 is 5.37. The van der Waals surface area contributed by atoms with E-state index in [0.717, 1.165) is 39.4 Å². The van der Waals surface area contributed by atoms with Crippen molar-refractivity contribution in [1.82, 2.24) is 10.2 Å². The predicted octanol–water partition coefficient (Wildman–Crippen LogP) is 2.41. The molecule has 0 unspecified atom stereocenters. The fourth-order valence-electron chi connectivity index (χ4n) is 2.15. The zero-order valence-electron chi connectivity index (χ0n) is 12.4. The third-order valence-corrected chi connectivity index (χ3v) is 3.36. The Morgan fingerprint density at radius 2 is 1.63 bits per heavy atom. The Morgan fingerprint density at radius 1 is 1.05 bits per heavy atom. The highest BCUT2D eigenvalue weighted by molar-refractivity contribution is 5.22. The van der Waals surface area contributed by atoms with Crippen LogP contribution >= 0.6 is 0 Å². The smallest absolute Gasteiger partial charge is 0.0594 e. The quantitative estimate of drug-likeness (QED) is 0.902. The van der Waals surface area contributed by atoms with Crippen LogP contribution in [0.1, 0.15) is 31.9 Å². The second-order valence-corrected chi connectivity index (χ2v) is 6.31. The molecule has 1 fully saturated rings. The summed E-state index contributed by atoms with van der Waals surface area (Å²) in [7, 11) is 0. The largest absolute Gasteiger partial charge is 0.379 e. The molecule has 0 atom stereocenters. The van der Waals surface area contributed by atoms with Gasteiger partial charge in [0.05, 0.1) is 13.2 Å². The maximum Gasteiger partial charge on any atom is 0.0594 e. The third-order valence-electron chi connectivity index (χ3n) is 3.36. The van der Waals surface area contributed by atoms with Crippen LogP contribution in [0.5, 0.6) is 0 Å². The zero-order valence-corrected chi connectivity index (χ0v) is 12.4. The minimum Gasteiger partial charge on any atom is -0.379 e. The molecule has 1 N–H and O–H groups in total. The van der Waals surface area contributed by atoms with E-state index in [0.29, 0.717) is 0 Å². The standard InChI is InChI=1S/C16H26N2O/c1-16(2,3)17-12-14-4-6-15(7-5-14)13-18-8-10-19-11-9-18/h4-7,17H,8-13H2,1-3H3. The number of hydrogen-bond acceptors (Lipinski definition) is 3. The number of rotatable bonds is 4. The lowest BCUT2D eigenvalue weighted by atomic mass is 10.1. The van der Waals surface area contributed by atoms with Gasteiger partial charge >= 0.3 is 0 Å². The van der Waals surface area contributed by atoms with Crippen molar-refractivity contribution in [3.05, 3.63) is 35.4 Å². The van der Waals surface area contributed by atoms with Crippen molar-refractivity contribution in [3.8, 4) is 0 Å². The molecule has 1 aromatic carbocycles. The summed E-state index contributed by atoms with van der Waals surface area (Å²) in [5, 5.41) is 3.51. The lowest BCUT2D eigenvalue weighted by molar-refractivity contribution is 0.0342. The number of morpholine rings is 1. The Balaban J connectivity index is 1.83. The fraction of sp³-hybridized carbons (Fsp3) is 0.625. The van der Waals surface area contributed by atoms with Gasteiger partial charge < -0.3 is 10.1 Å². The normalized spacial score (nSPS) is 17.6. The van der Waals surface area contributed by atoms with Gasteiger partial charge in [0.1, 0.15) is 0 Å². The van der Waals surface area contributed by atoms with Crippen LogP contribution in [0.2, 0.25) is 0 Å². The van der Waals surface area contributed by atoms with Crippen molar-refractivity contribution in [2.24, 2.45) is 0 Å². The Hall–Kier alpha value is -0.900. The van der Waals surface area contributed by atoms with Crippen molar-refractivity contribution in [1.29, 1.82) is 0 Å². The molecule has 0 aromatic heterocycles. The average molecular weight is 262 g/mol. The molecule has 0 amide bonds. The molecular weight excluding hydrogens is 236 g/mol. The molecule has 3 nitrogen and oxygen atoms in total. The second-order valence-electron chi connectivity index (χ2n) is 6.31. The molecule has 1 aliphatic heterocycles. The molecule has 1 heterocycles. The van der Waals surface area contributed by atoms with Crippen LogP contribution in [0, 0.1) is 0 Å². The van der Waals surface area contributed by atoms with Crippen molar-refractivity contribution in [3.63, 3.8) is 0 Å². The summed E-state index contributed by atoms with van der Waals surface area (Å²) >= 11 is 0. The molecule has 1 saturated heterocycles. The van der Waals surface area contributed by atoms with Crippen molar-refractivity contribution >= 4 is 0 Å². The Bertz CT molecular complexity index is 375. The molecule has 0 aliphatic carbocycles. The summed E-state index contributed by atoms with van der Waals surface area (Å²) in [5.74, 6) is 0. The highest BCUT2D eigenvalue weighted by Gasteiger charge is 2.11. The van der Waals surface area contributed by atoms with Gasteiger partial charge in [-0.1, -0.05) is 24.3 Å². The van der Waals surface area contributed by atoms with E-state index in [-0.39, 0.29) is 5.54 Å². The topological polar surface area (TPSA) is 24.5 Å². The summed E-state index contributed by atoms with van der Waals surface area (Å²) in [6.07, 6.45) is 0. The first-order chi connectivity index (χ1) is 9.03. The first-order valence-corrected chi connectivity index (χ1v) is 7.16. The summed E-state index contributed by atoms with van der Waals surface area (Å²) in [6, 6.07) is 8.95. The first kappa shape index (κ1) is 14.5. The molecular formula is C16H26N2O. The van der Waals surface area contributed by atoms with Crippen LogP contribution in [-0.4, -0.2) is 36.7 Å². The molecule has 19 heavy (non-hydrogen) atoms. The van der Waals surface area contributed by atoms with Crippen LogP contribution in [0.4, 0.5) is 0 Å². The van der Waals surface area contributed by atoms with E-state index in [1.165, 1.54) is 11.1 Å². The highest BCUT2D eigenvalue weighted by Crippen LogP contribution is 2.10. The number of ether oxygens (including phenoxy) is 1. The van der Waals surface area contributed by atoms with Gasteiger partial charge in [-0.05, 0) is 31.9 Å². The third kappa shape index (κ3) is 5.31. The Labute approximate surface area is 116 Å². The molecule has 0 bridgehead atoms. The minimum absolute atomic E-state index is 0.173. The van der Waals surface area contributed by atoms with E-state index in [1.54, 1.807) is 0 Å². The van der Waals surface area contributed by atoms with Crippen molar-refractivity contribution in [2.45, 2.75) is 39.4 Å². The SMILES string of the molecule is CC(C)(C)NCc1ccc(CN2CCOCC2)cc1. The van der Waals surface area contributed by atoms with E-state index in [9.17, 15) is 0 Å². The summed E-state index contributed by atoms with van der Waals surface area (Å²) in [6.45, 7) is 12.4. The second kappa shape index (κ2) is 6.51. The maximum atomic E-state index is 5.37. The molecule has 1 aromatic rings. The van der Waals surface area contributed by atoms with E-state index >= 15 is 0 Å². The van der Waals surface area contributed by atoms with E-state index in [2.05, 4.69) is 55.3 Å². The molecule has 1 aliphatic rings. The Kier molecular flexibility index (Phi) is 4.97. The van der Waals surface area contributed by atoms with E-state index in [4.69, 9.17) is 4.74 Å². The minimum atomic E-state index is 0.173. The Morgan fingerprint density at radius 3 is 2.21 bits per heavy atom. The lowest BCUT2D eigenvalue weighted by Gasteiger charge is -2.26. The van der Waals surface area contributed by atoms with Gasteiger partial charge in [-0.3, -0.25) is 4.90 Å². The molecule has 106 valence electrons. The van der Waals surface area contributed by atoms with Crippen LogP contribution in [0.3, 0.4) is 0 Å². The van der Waals surface area contributed by atoms with Crippen molar-refractivity contribution in [2.75, 3.05) is 26.3 Å². The van der Waals surface area contributed by atoms with Gasteiger partial charge in [-0.2, -0.15) is 0 Å². The van der Waals surface area contributed by atoms with Crippen LogP contribution in [-0.2, 0) is 17.8 Å². The summed E-state index contributed by atoms with van der Waals surface area (Å²) in [5.41, 5.74) is 2.91. The molecule has 0 radical (unpaired) electrons. The van der Waals surface area contributed by atoms with E-state index in [1.807, 2.05) is 0 Å². The zero-order chi connectivity index (χ0) is 13.7. The number of nitrogens with zero attached hydrogens (tertiary/aromatic N) is 1. The fourth-order valence-corrected chi connectivity index (χ4v) is 2.15. The van der Waals surface area contributed by atoms with E-state index < -0.39 is 0 Å². The monoisotopic (exact) mass is 262 g/mol. The first-order valence-electron chi connectivity index (χ1n) is 7.16. The predicted molar refractivity (Wildman–Crippen MR) is 79.1 cm³/mol.